The first-order valence-corrected chi connectivity index (χ1v) is 5.38. The normalized spacial score (nSPS) is 10.1. The molecule has 17 heavy (non-hydrogen) atoms. The summed E-state index contributed by atoms with van der Waals surface area (Å²) in [5.41, 5.74) is 13.0. The molecule has 0 radical (unpaired) electrons. The number of benzene rings is 1. The number of rotatable bonds is 5. The van der Waals surface area contributed by atoms with Crippen molar-refractivity contribution in [3.8, 4) is 0 Å². The SMILES string of the molecule is Cc1ccc(NC(=O)CN)cc1CC(=O)CN. The van der Waals surface area contributed by atoms with Gasteiger partial charge in [0.2, 0.25) is 5.91 Å². The van der Waals surface area contributed by atoms with E-state index >= 15 is 0 Å². The Morgan fingerprint density at radius 1 is 1.24 bits per heavy atom. The second kappa shape index (κ2) is 6.12. The van der Waals surface area contributed by atoms with Gasteiger partial charge < -0.3 is 16.8 Å². The molecular weight excluding hydrogens is 218 g/mol. The minimum Gasteiger partial charge on any atom is -0.325 e. The fourth-order valence-corrected chi connectivity index (χ4v) is 1.44. The van der Waals surface area contributed by atoms with Gasteiger partial charge in [0.15, 0.2) is 5.78 Å². The van der Waals surface area contributed by atoms with Crippen molar-refractivity contribution in [1.29, 1.82) is 0 Å². The molecule has 0 spiro atoms. The number of amides is 1. The maximum atomic E-state index is 11.3. The first-order valence-electron chi connectivity index (χ1n) is 5.38. The first-order chi connectivity index (χ1) is 8.06. The molecule has 0 aliphatic carbocycles. The minimum atomic E-state index is -0.259. The molecule has 5 N–H and O–H groups in total. The van der Waals surface area contributed by atoms with Crippen LogP contribution in [0.3, 0.4) is 0 Å². The zero-order chi connectivity index (χ0) is 12.8. The van der Waals surface area contributed by atoms with Crippen molar-refractivity contribution in [2.24, 2.45) is 11.5 Å². The Morgan fingerprint density at radius 3 is 2.53 bits per heavy atom. The predicted molar refractivity (Wildman–Crippen MR) is 66.6 cm³/mol. The molecule has 1 amide bonds. The molecule has 0 aliphatic heterocycles. The Kier molecular flexibility index (Phi) is 4.81. The van der Waals surface area contributed by atoms with Crippen molar-refractivity contribution in [2.45, 2.75) is 13.3 Å². The Hall–Kier alpha value is -1.72. The van der Waals surface area contributed by atoms with Crippen molar-refractivity contribution in [1.82, 2.24) is 0 Å². The van der Waals surface area contributed by atoms with Crippen LogP contribution in [0.4, 0.5) is 5.69 Å². The number of Topliss-reactive ketones (excluding diaryl/α,β-unsaturated/α-hetero) is 1. The van der Waals surface area contributed by atoms with Gasteiger partial charge in [-0.2, -0.15) is 0 Å². The van der Waals surface area contributed by atoms with Crippen LogP contribution < -0.4 is 16.8 Å². The second-order valence-electron chi connectivity index (χ2n) is 3.81. The summed E-state index contributed by atoms with van der Waals surface area (Å²) in [4.78, 5) is 22.4. The third-order valence-electron chi connectivity index (χ3n) is 2.43. The van der Waals surface area contributed by atoms with Gasteiger partial charge in [0, 0.05) is 12.1 Å². The highest BCUT2D eigenvalue weighted by Crippen LogP contribution is 2.16. The molecule has 1 aromatic carbocycles. The number of nitrogens with one attached hydrogen (secondary N) is 1. The summed E-state index contributed by atoms with van der Waals surface area (Å²) in [6, 6.07) is 5.40. The van der Waals surface area contributed by atoms with E-state index in [4.69, 9.17) is 11.5 Å². The zero-order valence-electron chi connectivity index (χ0n) is 9.82. The molecule has 5 nitrogen and oxygen atoms in total. The van der Waals surface area contributed by atoms with E-state index in [1.54, 1.807) is 12.1 Å². The van der Waals surface area contributed by atoms with Crippen LogP contribution in [-0.4, -0.2) is 24.8 Å². The number of carbonyl (C=O) groups excluding carboxylic acids is 2. The number of ketones is 1. The van der Waals surface area contributed by atoms with E-state index < -0.39 is 0 Å². The summed E-state index contributed by atoms with van der Waals surface area (Å²) in [6.45, 7) is 1.87. The lowest BCUT2D eigenvalue weighted by molar-refractivity contribution is -0.117. The quantitative estimate of drug-likeness (QED) is 0.667. The van der Waals surface area contributed by atoms with Gasteiger partial charge in [-0.3, -0.25) is 9.59 Å². The van der Waals surface area contributed by atoms with Gasteiger partial charge in [-0.1, -0.05) is 6.07 Å². The van der Waals surface area contributed by atoms with E-state index in [2.05, 4.69) is 5.32 Å². The van der Waals surface area contributed by atoms with Gasteiger partial charge in [-0.05, 0) is 30.2 Å². The van der Waals surface area contributed by atoms with Crippen LogP contribution in [0.1, 0.15) is 11.1 Å². The van der Waals surface area contributed by atoms with Crippen molar-refractivity contribution in [2.75, 3.05) is 18.4 Å². The summed E-state index contributed by atoms with van der Waals surface area (Å²) in [7, 11) is 0. The second-order valence-corrected chi connectivity index (χ2v) is 3.81. The zero-order valence-corrected chi connectivity index (χ0v) is 9.82. The third kappa shape index (κ3) is 3.97. The van der Waals surface area contributed by atoms with Gasteiger partial charge >= 0.3 is 0 Å². The van der Waals surface area contributed by atoms with Gasteiger partial charge in [0.05, 0.1) is 13.1 Å². The molecule has 0 atom stereocenters. The maximum absolute atomic E-state index is 11.3. The molecule has 1 aromatic rings. The maximum Gasteiger partial charge on any atom is 0.238 e. The molecule has 0 bridgehead atoms. The first kappa shape index (κ1) is 13.3. The molecule has 0 fully saturated rings. The van der Waals surface area contributed by atoms with Gasteiger partial charge in [0.1, 0.15) is 0 Å². The number of aryl methyl sites for hydroxylation is 1. The molecule has 1 rings (SSSR count). The van der Waals surface area contributed by atoms with Crippen LogP contribution in [-0.2, 0) is 16.0 Å². The van der Waals surface area contributed by atoms with Crippen LogP contribution in [0.25, 0.3) is 0 Å². The summed E-state index contributed by atoms with van der Waals surface area (Å²) in [5, 5.41) is 2.64. The fourth-order valence-electron chi connectivity index (χ4n) is 1.44. The summed E-state index contributed by atoms with van der Waals surface area (Å²) < 4.78 is 0. The van der Waals surface area contributed by atoms with Gasteiger partial charge in [-0.15, -0.1) is 0 Å². The monoisotopic (exact) mass is 235 g/mol. The average Bonchev–Trinajstić information content (AvgIpc) is 2.33. The lowest BCUT2D eigenvalue weighted by atomic mass is 10.0. The van der Waals surface area contributed by atoms with E-state index in [1.165, 1.54) is 0 Å². The highest BCUT2D eigenvalue weighted by molar-refractivity contribution is 5.92. The third-order valence-corrected chi connectivity index (χ3v) is 2.43. The van der Waals surface area contributed by atoms with Crippen molar-refractivity contribution < 1.29 is 9.59 Å². The Balaban J connectivity index is 2.86. The van der Waals surface area contributed by atoms with Crippen LogP contribution in [0, 0.1) is 6.92 Å². The number of hydrogen-bond donors (Lipinski definition) is 3. The van der Waals surface area contributed by atoms with E-state index in [0.29, 0.717) is 5.69 Å². The predicted octanol–water partition coefficient (Wildman–Crippen LogP) is -0.0375. The van der Waals surface area contributed by atoms with Crippen molar-refractivity contribution >= 4 is 17.4 Å². The Morgan fingerprint density at radius 2 is 1.94 bits per heavy atom. The molecule has 92 valence electrons. The molecule has 0 heterocycles. The van der Waals surface area contributed by atoms with Crippen LogP contribution in [0.5, 0.6) is 0 Å². The van der Waals surface area contributed by atoms with E-state index in [0.717, 1.165) is 11.1 Å². The lowest BCUT2D eigenvalue weighted by Crippen LogP contribution is -2.22. The molecule has 0 unspecified atom stereocenters. The van der Waals surface area contributed by atoms with Crippen molar-refractivity contribution in [3.05, 3.63) is 29.3 Å². The average molecular weight is 235 g/mol. The van der Waals surface area contributed by atoms with E-state index in [9.17, 15) is 9.59 Å². The number of hydrogen-bond acceptors (Lipinski definition) is 4. The molecule has 0 saturated heterocycles. The van der Waals surface area contributed by atoms with Crippen LogP contribution in [0.2, 0.25) is 0 Å². The molecule has 0 aromatic heterocycles. The smallest absolute Gasteiger partial charge is 0.238 e. The van der Waals surface area contributed by atoms with Crippen molar-refractivity contribution in [3.63, 3.8) is 0 Å². The number of carbonyl (C=O) groups is 2. The molecular formula is C12H17N3O2. The largest absolute Gasteiger partial charge is 0.325 e. The van der Waals surface area contributed by atoms with E-state index in [1.807, 2.05) is 13.0 Å². The number of nitrogens with two attached hydrogens (primary N) is 2. The van der Waals surface area contributed by atoms with Crippen LogP contribution in [0.15, 0.2) is 18.2 Å². The lowest BCUT2D eigenvalue weighted by Gasteiger charge is -2.09. The summed E-state index contributed by atoms with van der Waals surface area (Å²) in [6.07, 6.45) is 0.286. The van der Waals surface area contributed by atoms with Crippen LogP contribution >= 0.6 is 0 Å². The summed E-state index contributed by atoms with van der Waals surface area (Å²) in [5.74, 6) is -0.291. The molecule has 0 saturated carbocycles. The Bertz CT molecular complexity index is 430. The molecule has 5 heteroatoms. The van der Waals surface area contributed by atoms with Gasteiger partial charge in [0.25, 0.3) is 0 Å². The standard InChI is InChI=1S/C12H17N3O2/c1-8-2-3-10(15-12(17)7-14)4-9(8)5-11(16)6-13/h2-4H,5-7,13-14H2,1H3,(H,15,17). The summed E-state index contributed by atoms with van der Waals surface area (Å²) >= 11 is 0. The van der Waals surface area contributed by atoms with Gasteiger partial charge in [-0.25, -0.2) is 0 Å². The Labute approximate surface area is 100 Å². The topological polar surface area (TPSA) is 98.2 Å². The number of anilines is 1. The van der Waals surface area contributed by atoms with E-state index in [-0.39, 0.29) is 31.2 Å². The minimum absolute atomic E-state index is 0.0266. The highest BCUT2D eigenvalue weighted by Gasteiger charge is 2.06. The molecule has 0 aliphatic rings. The highest BCUT2D eigenvalue weighted by atomic mass is 16.1. The fraction of sp³-hybridized carbons (Fsp3) is 0.333.